The number of ether oxygens (including phenoxy) is 1. The summed E-state index contributed by atoms with van der Waals surface area (Å²) in [5.74, 6) is -2.83. The van der Waals surface area contributed by atoms with Crippen LogP contribution in [-0.4, -0.2) is 23.8 Å². The Morgan fingerprint density at radius 1 is 1.41 bits per heavy atom. The van der Waals surface area contributed by atoms with E-state index >= 15 is 0 Å². The van der Waals surface area contributed by atoms with Crippen molar-refractivity contribution in [1.29, 1.82) is 0 Å². The van der Waals surface area contributed by atoms with Gasteiger partial charge in [0.05, 0.1) is 23.2 Å². The Bertz CT molecular complexity index is 512. The topological polar surface area (TPSA) is 86.5 Å². The van der Waals surface area contributed by atoms with Gasteiger partial charge in [0.15, 0.2) is 5.78 Å². The average Bonchev–Trinajstić information content (AvgIpc) is 2.26. The van der Waals surface area contributed by atoms with Crippen molar-refractivity contribution in [3.63, 3.8) is 0 Å². The van der Waals surface area contributed by atoms with Gasteiger partial charge in [0.25, 0.3) is 0 Å². The second-order valence-electron chi connectivity index (χ2n) is 3.16. The summed E-state index contributed by atoms with van der Waals surface area (Å²) in [7, 11) is 1.08. The fourth-order valence-electron chi connectivity index (χ4n) is 1.29. The van der Waals surface area contributed by atoms with Gasteiger partial charge in [0.2, 0.25) is 5.82 Å². The third-order valence-electron chi connectivity index (χ3n) is 2.05. The van der Waals surface area contributed by atoms with Crippen molar-refractivity contribution in [2.45, 2.75) is 6.92 Å². The number of methoxy groups -OCH3 is 1. The standard InChI is InChI=1S/C10H8FNO5/c1-5(13)7-3-6(10(14)17-2)4-8(11)9(7)12(15)16/h3-4H,1-2H3. The van der Waals surface area contributed by atoms with Gasteiger partial charge < -0.3 is 4.74 Å². The summed E-state index contributed by atoms with van der Waals surface area (Å²) in [5.41, 5.74) is -1.65. The SMILES string of the molecule is COC(=O)c1cc(F)c([N+](=O)[O-])c(C(C)=O)c1. The van der Waals surface area contributed by atoms with Crippen molar-refractivity contribution in [3.05, 3.63) is 39.2 Å². The minimum Gasteiger partial charge on any atom is -0.465 e. The molecule has 0 radical (unpaired) electrons. The minimum atomic E-state index is -1.25. The first-order valence-corrected chi connectivity index (χ1v) is 4.45. The second-order valence-corrected chi connectivity index (χ2v) is 3.16. The largest absolute Gasteiger partial charge is 0.465 e. The number of Topliss-reactive ketones (excluding diaryl/α,β-unsaturated/α-hetero) is 1. The van der Waals surface area contributed by atoms with Crippen LogP contribution in [0.1, 0.15) is 27.6 Å². The van der Waals surface area contributed by atoms with Crippen molar-refractivity contribution >= 4 is 17.4 Å². The number of nitro groups is 1. The van der Waals surface area contributed by atoms with Gasteiger partial charge in [-0.25, -0.2) is 4.79 Å². The number of nitrogens with zero attached hydrogens (tertiary/aromatic N) is 1. The van der Waals surface area contributed by atoms with E-state index in [1.165, 1.54) is 0 Å². The van der Waals surface area contributed by atoms with Crippen molar-refractivity contribution < 1.29 is 23.6 Å². The molecule has 0 aromatic heterocycles. The summed E-state index contributed by atoms with van der Waals surface area (Å²) in [6, 6.07) is 1.60. The molecule has 0 saturated carbocycles. The number of benzene rings is 1. The van der Waals surface area contributed by atoms with Gasteiger partial charge in [0, 0.05) is 0 Å². The van der Waals surface area contributed by atoms with Crippen LogP contribution in [0.5, 0.6) is 0 Å². The normalized spacial score (nSPS) is 9.82. The van der Waals surface area contributed by atoms with E-state index in [9.17, 15) is 24.1 Å². The highest BCUT2D eigenvalue weighted by atomic mass is 19.1. The summed E-state index contributed by atoms with van der Waals surface area (Å²) in [6.45, 7) is 1.04. The lowest BCUT2D eigenvalue weighted by molar-refractivity contribution is -0.387. The highest BCUT2D eigenvalue weighted by Gasteiger charge is 2.26. The van der Waals surface area contributed by atoms with Gasteiger partial charge in [-0.2, -0.15) is 4.39 Å². The first-order valence-electron chi connectivity index (χ1n) is 4.45. The van der Waals surface area contributed by atoms with Crippen LogP contribution in [0.25, 0.3) is 0 Å². The molecule has 90 valence electrons. The predicted octanol–water partition coefficient (Wildman–Crippen LogP) is 1.72. The van der Waals surface area contributed by atoms with Crippen LogP contribution in [0, 0.1) is 15.9 Å². The molecule has 0 aliphatic rings. The molecule has 17 heavy (non-hydrogen) atoms. The Labute approximate surface area is 95.1 Å². The van der Waals surface area contributed by atoms with E-state index in [1.54, 1.807) is 0 Å². The Balaban J connectivity index is 3.52. The van der Waals surface area contributed by atoms with Crippen molar-refractivity contribution in [2.24, 2.45) is 0 Å². The van der Waals surface area contributed by atoms with E-state index in [0.29, 0.717) is 6.07 Å². The molecular weight excluding hydrogens is 233 g/mol. The number of halogens is 1. The molecule has 6 nitrogen and oxygen atoms in total. The lowest BCUT2D eigenvalue weighted by atomic mass is 10.1. The first-order chi connectivity index (χ1) is 7.88. The number of nitro benzene ring substituents is 1. The molecule has 0 heterocycles. The van der Waals surface area contributed by atoms with Gasteiger partial charge >= 0.3 is 11.7 Å². The monoisotopic (exact) mass is 241 g/mol. The average molecular weight is 241 g/mol. The molecule has 0 N–H and O–H groups in total. The summed E-state index contributed by atoms with van der Waals surface area (Å²) >= 11 is 0. The van der Waals surface area contributed by atoms with Gasteiger partial charge in [-0.1, -0.05) is 0 Å². The smallest absolute Gasteiger partial charge is 0.337 e. The summed E-state index contributed by atoms with van der Waals surface area (Å²) in [6.07, 6.45) is 0. The highest BCUT2D eigenvalue weighted by molar-refractivity contribution is 6.01. The Hall–Kier alpha value is -2.31. The van der Waals surface area contributed by atoms with Crippen LogP contribution in [0.2, 0.25) is 0 Å². The van der Waals surface area contributed by atoms with Crippen LogP contribution in [0.3, 0.4) is 0 Å². The molecule has 7 heteroatoms. The predicted molar refractivity (Wildman–Crippen MR) is 54.4 cm³/mol. The molecule has 0 fully saturated rings. The number of hydrogen-bond acceptors (Lipinski definition) is 5. The minimum absolute atomic E-state index is 0.249. The van der Waals surface area contributed by atoms with Crippen LogP contribution in [0.4, 0.5) is 10.1 Å². The van der Waals surface area contributed by atoms with Gasteiger partial charge in [0.1, 0.15) is 0 Å². The van der Waals surface area contributed by atoms with Gasteiger partial charge in [-0.05, 0) is 19.1 Å². The van der Waals surface area contributed by atoms with Crippen LogP contribution >= 0.6 is 0 Å². The molecule has 0 amide bonds. The van der Waals surface area contributed by atoms with Crippen LogP contribution < -0.4 is 0 Å². The summed E-state index contributed by atoms with van der Waals surface area (Å²) in [4.78, 5) is 31.9. The molecule has 0 aliphatic heterocycles. The second kappa shape index (κ2) is 4.69. The zero-order valence-electron chi connectivity index (χ0n) is 9.02. The van der Waals surface area contributed by atoms with Gasteiger partial charge in [-0.3, -0.25) is 14.9 Å². The van der Waals surface area contributed by atoms with Crippen molar-refractivity contribution in [3.8, 4) is 0 Å². The van der Waals surface area contributed by atoms with Crippen LogP contribution in [-0.2, 0) is 4.74 Å². The maximum atomic E-state index is 13.4. The summed E-state index contributed by atoms with van der Waals surface area (Å²) in [5, 5.41) is 10.6. The quantitative estimate of drug-likeness (QED) is 0.348. The first kappa shape index (κ1) is 12.8. The number of ketones is 1. The number of carbonyl (C=O) groups excluding carboxylic acids is 2. The molecule has 0 spiro atoms. The molecular formula is C10H8FNO5. The van der Waals surface area contributed by atoms with Gasteiger partial charge in [-0.15, -0.1) is 0 Å². The highest BCUT2D eigenvalue weighted by Crippen LogP contribution is 2.25. The van der Waals surface area contributed by atoms with E-state index in [0.717, 1.165) is 20.1 Å². The third kappa shape index (κ3) is 2.44. The number of carbonyl (C=O) groups is 2. The maximum absolute atomic E-state index is 13.4. The van der Waals surface area contributed by atoms with E-state index < -0.39 is 33.7 Å². The maximum Gasteiger partial charge on any atom is 0.337 e. The van der Waals surface area contributed by atoms with E-state index in [4.69, 9.17) is 0 Å². The van der Waals surface area contributed by atoms with Crippen molar-refractivity contribution in [1.82, 2.24) is 0 Å². The fraction of sp³-hybridized carbons (Fsp3) is 0.200. The fourth-order valence-corrected chi connectivity index (χ4v) is 1.29. The Kier molecular flexibility index (Phi) is 3.52. The zero-order chi connectivity index (χ0) is 13.2. The van der Waals surface area contributed by atoms with Crippen LogP contribution in [0.15, 0.2) is 12.1 Å². The Morgan fingerprint density at radius 3 is 2.41 bits per heavy atom. The molecule has 0 atom stereocenters. The molecule has 0 aliphatic carbocycles. The van der Waals surface area contributed by atoms with E-state index in [2.05, 4.69) is 4.74 Å². The summed E-state index contributed by atoms with van der Waals surface area (Å²) < 4.78 is 17.8. The van der Waals surface area contributed by atoms with E-state index in [-0.39, 0.29) is 5.56 Å². The number of hydrogen-bond donors (Lipinski definition) is 0. The molecule has 0 bridgehead atoms. The zero-order valence-corrected chi connectivity index (χ0v) is 9.02. The number of esters is 1. The molecule has 0 saturated heterocycles. The molecule has 0 unspecified atom stereocenters. The molecule has 1 aromatic carbocycles. The molecule has 1 aromatic rings. The molecule has 1 rings (SSSR count). The lowest BCUT2D eigenvalue weighted by Crippen LogP contribution is -2.08. The van der Waals surface area contributed by atoms with Crippen molar-refractivity contribution in [2.75, 3.05) is 7.11 Å². The third-order valence-corrected chi connectivity index (χ3v) is 2.05. The number of rotatable bonds is 3. The Morgan fingerprint density at radius 2 is 2.00 bits per heavy atom. The lowest BCUT2D eigenvalue weighted by Gasteiger charge is -2.04. The van der Waals surface area contributed by atoms with E-state index in [1.807, 2.05) is 0 Å².